The third kappa shape index (κ3) is 2.94. The molecule has 4 N–H and O–H groups in total. The summed E-state index contributed by atoms with van der Waals surface area (Å²) in [6, 6.07) is 11.0. The van der Waals surface area contributed by atoms with Gasteiger partial charge in [0.15, 0.2) is 5.75 Å². The molecule has 0 saturated heterocycles. The summed E-state index contributed by atoms with van der Waals surface area (Å²) in [4.78, 5) is 23.6. The van der Waals surface area contributed by atoms with Crippen LogP contribution in [0.4, 0.5) is 11.4 Å². The Labute approximate surface area is 121 Å². The molecule has 0 saturated carbocycles. The molecule has 2 aromatic carbocycles. The van der Waals surface area contributed by atoms with Gasteiger partial charge in [-0.3, -0.25) is 0 Å². The molecule has 0 aliphatic rings. The standard InChI is InChI=1S/C15H14N2O4/c1-20-14(18)10-6-4-8-12(13(10)17)21-15(19)9-5-2-3-7-11(9)16/h2-8H,16-17H2,1H3. The number of esters is 2. The van der Waals surface area contributed by atoms with E-state index in [2.05, 4.69) is 4.74 Å². The van der Waals surface area contributed by atoms with E-state index in [-0.39, 0.29) is 22.6 Å². The molecule has 21 heavy (non-hydrogen) atoms. The van der Waals surface area contributed by atoms with Crippen molar-refractivity contribution in [1.29, 1.82) is 0 Å². The molecule has 2 aromatic rings. The Hall–Kier alpha value is -3.02. The Morgan fingerprint density at radius 3 is 2.24 bits per heavy atom. The molecule has 0 radical (unpaired) electrons. The van der Waals surface area contributed by atoms with Gasteiger partial charge in [0.2, 0.25) is 0 Å². The molecule has 0 aliphatic heterocycles. The Morgan fingerprint density at radius 1 is 0.905 bits per heavy atom. The molecule has 6 heteroatoms. The maximum absolute atomic E-state index is 12.1. The number of hydrogen-bond acceptors (Lipinski definition) is 6. The van der Waals surface area contributed by atoms with Crippen LogP contribution in [-0.4, -0.2) is 19.0 Å². The van der Waals surface area contributed by atoms with Crippen molar-refractivity contribution in [2.75, 3.05) is 18.6 Å². The smallest absolute Gasteiger partial charge is 0.345 e. The second kappa shape index (κ2) is 5.96. The Balaban J connectivity index is 2.30. The number of rotatable bonds is 3. The number of ether oxygens (including phenoxy) is 2. The second-order valence-corrected chi connectivity index (χ2v) is 4.19. The van der Waals surface area contributed by atoms with Crippen LogP contribution in [0, 0.1) is 0 Å². The fourth-order valence-corrected chi connectivity index (χ4v) is 1.76. The number of para-hydroxylation sites is 2. The van der Waals surface area contributed by atoms with Gasteiger partial charge in [0.25, 0.3) is 0 Å². The van der Waals surface area contributed by atoms with Gasteiger partial charge in [-0.1, -0.05) is 18.2 Å². The van der Waals surface area contributed by atoms with Crippen molar-refractivity contribution >= 4 is 23.3 Å². The minimum Gasteiger partial charge on any atom is -0.465 e. The molecule has 0 heterocycles. The zero-order valence-electron chi connectivity index (χ0n) is 11.3. The molecule has 0 bridgehead atoms. The average Bonchev–Trinajstić information content (AvgIpc) is 2.49. The van der Waals surface area contributed by atoms with Gasteiger partial charge < -0.3 is 20.9 Å². The SMILES string of the molecule is COC(=O)c1cccc(OC(=O)c2ccccc2N)c1N. The molecular formula is C15H14N2O4. The van der Waals surface area contributed by atoms with Crippen LogP contribution in [0.5, 0.6) is 5.75 Å². The highest BCUT2D eigenvalue weighted by Crippen LogP contribution is 2.27. The fourth-order valence-electron chi connectivity index (χ4n) is 1.76. The first-order valence-corrected chi connectivity index (χ1v) is 6.08. The van der Waals surface area contributed by atoms with Gasteiger partial charge in [0.1, 0.15) is 0 Å². The van der Waals surface area contributed by atoms with Gasteiger partial charge >= 0.3 is 11.9 Å². The minimum absolute atomic E-state index is 0.0344. The van der Waals surface area contributed by atoms with E-state index < -0.39 is 11.9 Å². The Bertz CT molecular complexity index is 698. The summed E-state index contributed by atoms with van der Waals surface area (Å²) in [6.45, 7) is 0. The van der Waals surface area contributed by atoms with Gasteiger partial charge in [-0.05, 0) is 24.3 Å². The van der Waals surface area contributed by atoms with Crippen LogP contribution in [0.2, 0.25) is 0 Å². The van der Waals surface area contributed by atoms with Crippen LogP contribution in [0.25, 0.3) is 0 Å². The lowest BCUT2D eigenvalue weighted by Gasteiger charge is -2.10. The van der Waals surface area contributed by atoms with Gasteiger partial charge in [-0.15, -0.1) is 0 Å². The molecule has 0 fully saturated rings. The lowest BCUT2D eigenvalue weighted by molar-refractivity contribution is 0.0599. The number of carbonyl (C=O) groups is 2. The second-order valence-electron chi connectivity index (χ2n) is 4.19. The lowest BCUT2D eigenvalue weighted by atomic mass is 10.1. The topological polar surface area (TPSA) is 105 Å². The number of nitrogen functional groups attached to an aromatic ring is 2. The highest BCUT2D eigenvalue weighted by atomic mass is 16.5. The summed E-state index contributed by atoms with van der Waals surface area (Å²) in [5.74, 6) is -1.18. The van der Waals surface area contributed by atoms with E-state index in [4.69, 9.17) is 16.2 Å². The highest BCUT2D eigenvalue weighted by molar-refractivity contribution is 5.99. The van der Waals surface area contributed by atoms with Crippen LogP contribution in [0.3, 0.4) is 0 Å². The highest BCUT2D eigenvalue weighted by Gasteiger charge is 2.17. The van der Waals surface area contributed by atoms with Crippen molar-refractivity contribution in [3.8, 4) is 5.75 Å². The van der Waals surface area contributed by atoms with E-state index in [1.54, 1.807) is 24.3 Å². The molecular weight excluding hydrogens is 272 g/mol. The van der Waals surface area contributed by atoms with Crippen molar-refractivity contribution in [3.05, 3.63) is 53.6 Å². The molecule has 0 aliphatic carbocycles. The largest absolute Gasteiger partial charge is 0.465 e. The van der Waals surface area contributed by atoms with Crippen molar-refractivity contribution in [2.45, 2.75) is 0 Å². The van der Waals surface area contributed by atoms with Crippen molar-refractivity contribution < 1.29 is 19.1 Å². The van der Waals surface area contributed by atoms with Crippen molar-refractivity contribution in [2.24, 2.45) is 0 Å². The zero-order chi connectivity index (χ0) is 15.4. The summed E-state index contributed by atoms with van der Waals surface area (Å²) < 4.78 is 9.80. The minimum atomic E-state index is -0.651. The Kier molecular flexibility index (Phi) is 4.08. The molecule has 0 unspecified atom stereocenters. The number of hydrogen-bond donors (Lipinski definition) is 2. The lowest BCUT2D eigenvalue weighted by Crippen LogP contribution is -2.13. The third-order valence-electron chi connectivity index (χ3n) is 2.85. The number of benzene rings is 2. The van der Waals surface area contributed by atoms with Crippen LogP contribution < -0.4 is 16.2 Å². The van der Waals surface area contributed by atoms with Gasteiger partial charge in [0.05, 0.1) is 23.9 Å². The number of methoxy groups -OCH3 is 1. The van der Waals surface area contributed by atoms with E-state index in [1.807, 2.05) is 0 Å². The monoisotopic (exact) mass is 286 g/mol. The molecule has 0 amide bonds. The molecule has 108 valence electrons. The van der Waals surface area contributed by atoms with Crippen LogP contribution in [-0.2, 0) is 4.74 Å². The summed E-state index contributed by atoms with van der Waals surface area (Å²) in [5.41, 5.74) is 12.2. The molecule has 0 spiro atoms. The van der Waals surface area contributed by atoms with Crippen LogP contribution >= 0.6 is 0 Å². The quantitative estimate of drug-likeness (QED) is 0.507. The van der Waals surface area contributed by atoms with Gasteiger partial charge in [-0.25, -0.2) is 9.59 Å². The van der Waals surface area contributed by atoms with Gasteiger partial charge in [0, 0.05) is 5.69 Å². The zero-order valence-corrected chi connectivity index (χ0v) is 11.3. The van der Waals surface area contributed by atoms with Gasteiger partial charge in [-0.2, -0.15) is 0 Å². The third-order valence-corrected chi connectivity index (χ3v) is 2.85. The number of carbonyl (C=O) groups excluding carboxylic acids is 2. The maximum Gasteiger partial charge on any atom is 0.345 e. The molecule has 0 aromatic heterocycles. The first-order chi connectivity index (χ1) is 10.0. The van der Waals surface area contributed by atoms with E-state index in [0.717, 1.165) is 0 Å². The fraction of sp³-hybridized carbons (Fsp3) is 0.0667. The normalized spacial score (nSPS) is 9.95. The summed E-state index contributed by atoms with van der Waals surface area (Å²) in [7, 11) is 1.24. The van der Waals surface area contributed by atoms with E-state index in [1.165, 1.54) is 25.3 Å². The predicted molar refractivity (Wildman–Crippen MR) is 78.0 cm³/mol. The summed E-state index contributed by atoms with van der Waals surface area (Å²) in [6.07, 6.45) is 0. The summed E-state index contributed by atoms with van der Waals surface area (Å²) >= 11 is 0. The molecule has 6 nitrogen and oxygen atoms in total. The molecule has 0 atom stereocenters. The van der Waals surface area contributed by atoms with Crippen LogP contribution in [0.15, 0.2) is 42.5 Å². The number of nitrogens with two attached hydrogens (primary N) is 2. The summed E-state index contributed by atoms with van der Waals surface area (Å²) in [5, 5.41) is 0. The average molecular weight is 286 g/mol. The number of anilines is 2. The Morgan fingerprint density at radius 2 is 1.57 bits per heavy atom. The first kappa shape index (κ1) is 14.4. The van der Waals surface area contributed by atoms with Crippen molar-refractivity contribution in [3.63, 3.8) is 0 Å². The first-order valence-electron chi connectivity index (χ1n) is 6.08. The van der Waals surface area contributed by atoms with E-state index in [0.29, 0.717) is 5.69 Å². The van der Waals surface area contributed by atoms with E-state index in [9.17, 15) is 9.59 Å². The predicted octanol–water partition coefficient (Wildman–Crippen LogP) is 1.86. The van der Waals surface area contributed by atoms with Crippen LogP contribution in [0.1, 0.15) is 20.7 Å². The van der Waals surface area contributed by atoms with Crippen molar-refractivity contribution in [1.82, 2.24) is 0 Å². The molecule has 2 rings (SSSR count). The van der Waals surface area contributed by atoms with E-state index >= 15 is 0 Å². The maximum atomic E-state index is 12.1.